The van der Waals surface area contributed by atoms with E-state index in [0.29, 0.717) is 22.8 Å². The van der Waals surface area contributed by atoms with Crippen LogP contribution in [0, 0.1) is 0 Å². The summed E-state index contributed by atoms with van der Waals surface area (Å²) in [6.45, 7) is 0. The van der Waals surface area contributed by atoms with Crippen molar-refractivity contribution in [1.29, 1.82) is 0 Å². The Morgan fingerprint density at radius 1 is 1.25 bits per heavy atom. The summed E-state index contributed by atoms with van der Waals surface area (Å²) >= 11 is 5.74. The van der Waals surface area contributed by atoms with Gasteiger partial charge in [-0.15, -0.1) is 0 Å². The van der Waals surface area contributed by atoms with E-state index < -0.39 is 0 Å². The van der Waals surface area contributed by atoms with Gasteiger partial charge in [-0.05, 0) is 23.8 Å². The average Bonchev–Trinajstić information content (AvgIpc) is 2.87. The molecule has 0 spiro atoms. The van der Waals surface area contributed by atoms with Crippen LogP contribution >= 0.6 is 11.6 Å². The van der Waals surface area contributed by atoms with Gasteiger partial charge in [-0.1, -0.05) is 23.7 Å². The van der Waals surface area contributed by atoms with E-state index in [1.165, 1.54) is 0 Å². The number of hydrogen-bond acceptors (Lipinski definition) is 2. The summed E-state index contributed by atoms with van der Waals surface area (Å²) in [4.78, 5) is 25.9. The smallest absolute Gasteiger partial charge is 0.272 e. The molecule has 0 unspecified atom stereocenters. The predicted octanol–water partition coefficient (Wildman–Crippen LogP) is 2.21. The van der Waals surface area contributed by atoms with Crippen LogP contribution in [0.5, 0.6) is 0 Å². The van der Waals surface area contributed by atoms with E-state index in [0.717, 1.165) is 5.56 Å². The summed E-state index contributed by atoms with van der Waals surface area (Å²) < 4.78 is 0. The summed E-state index contributed by atoms with van der Waals surface area (Å²) in [5.41, 5.74) is 1.93. The molecule has 0 fully saturated rings. The third kappa shape index (κ3) is 3.61. The van der Waals surface area contributed by atoms with Crippen molar-refractivity contribution in [3.05, 3.63) is 52.8 Å². The number of rotatable bonds is 4. The SMILES string of the molecule is CNC(=O)Cc1ccc(NC(=O)c2cc(Cl)c[nH]2)cc1. The first kappa shape index (κ1) is 14.1. The maximum absolute atomic E-state index is 11.9. The summed E-state index contributed by atoms with van der Waals surface area (Å²) in [5, 5.41) is 5.78. The Morgan fingerprint density at radius 2 is 1.95 bits per heavy atom. The van der Waals surface area contributed by atoms with Gasteiger partial charge in [0.15, 0.2) is 0 Å². The number of hydrogen-bond donors (Lipinski definition) is 3. The van der Waals surface area contributed by atoms with E-state index in [9.17, 15) is 9.59 Å². The second-order valence-corrected chi connectivity index (χ2v) is 4.67. The number of nitrogens with one attached hydrogen (secondary N) is 3. The van der Waals surface area contributed by atoms with Gasteiger partial charge in [0.1, 0.15) is 5.69 Å². The molecule has 2 aromatic rings. The van der Waals surface area contributed by atoms with Gasteiger partial charge < -0.3 is 15.6 Å². The average molecular weight is 292 g/mol. The van der Waals surface area contributed by atoms with Crippen molar-refractivity contribution in [2.24, 2.45) is 0 Å². The third-order valence-electron chi connectivity index (χ3n) is 2.75. The molecule has 0 bridgehead atoms. The lowest BCUT2D eigenvalue weighted by Gasteiger charge is -2.05. The molecule has 0 aliphatic rings. The van der Waals surface area contributed by atoms with Gasteiger partial charge in [0, 0.05) is 18.9 Å². The summed E-state index contributed by atoms with van der Waals surface area (Å²) in [5.74, 6) is -0.321. The highest BCUT2D eigenvalue weighted by atomic mass is 35.5. The molecular weight excluding hydrogens is 278 g/mol. The normalized spacial score (nSPS) is 10.1. The monoisotopic (exact) mass is 291 g/mol. The molecule has 0 aliphatic heterocycles. The van der Waals surface area contributed by atoms with Crippen LogP contribution in [0.1, 0.15) is 16.1 Å². The van der Waals surface area contributed by atoms with Gasteiger partial charge in [0.05, 0.1) is 11.4 Å². The highest BCUT2D eigenvalue weighted by Gasteiger charge is 2.08. The van der Waals surface area contributed by atoms with Crippen molar-refractivity contribution in [3.8, 4) is 0 Å². The van der Waals surface area contributed by atoms with Crippen molar-refractivity contribution >= 4 is 29.1 Å². The first-order valence-electron chi connectivity index (χ1n) is 6.03. The van der Waals surface area contributed by atoms with Crippen molar-refractivity contribution < 1.29 is 9.59 Å². The lowest BCUT2D eigenvalue weighted by atomic mass is 10.1. The zero-order valence-corrected chi connectivity index (χ0v) is 11.6. The minimum Gasteiger partial charge on any atom is -0.359 e. The number of anilines is 1. The molecule has 6 heteroatoms. The van der Waals surface area contributed by atoms with E-state index in [1.807, 2.05) is 0 Å². The number of halogens is 1. The Labute approximate surface area is 121 Å². The Bertz CT molecular complexity index is 620. The van der Waals surface area contributed by atoms with E-state index in [1.54, 1.807) is 43.6 Å². The van der Waals surface area contributed by atoms with E-state index in [4.69, 9.17) is 11.6 Å². The van der Waals surface area contributed by atoms with Gasteiger partial charge in [0.25, 0.3) is 5.91 Å². The maximum Gasteiger partial charge on any atom is 0.272 e. The maximum atomic E-state index is 11.9. The van der Waals surface area contributed by atoms with Crippen LogP contribution in [-0.2, 0) is 11.2 Å². The number of likely N-dealkylation sites (N-methyl/N-ethyl adjacent to an activating group) is 1. The van der Waals surface area contributed by atoms with Crippen molar-refractivity contribution in [3.63, 3.8) is 0 Å². The van der Waals surface area contributed by atoms with Crippen LogP contribution in [-0.4, -0.2) is 23.8 Å². The minimum atomic E-state index is -0.268. The van der Waals surface area contributed by atoms with Crippen LogP contribution in [0.2, 0.25) is 5.02 Å². The topological polar surface area (TPSA) is 74.0 Å². The van der Waals surface area contributed by atoms with Crippen molar-refractivity contribution in [2.45, 2.75) is 6.42 Å². The molecule has 5 nitrogen and oxygen atoms in total. The summed E-state index contributed by atoms with van der Waals surface area (Å²) in [7, 11) is 1.60. The minimum absolute atomic E-state index is 0.0530. The van der Waals surface area contributed by atoms with E-state index in [2.05, 4.69) is 15.6 Å². The second kappa shape index (κ2) is 6.25. The molecule has 1 aromatic heterocycles. The lowest BCUT2D eigenvalue weighted by molar-refractivity contribution is -0.119. The van der Waals surface area contributed by atoms with E-state index in [-0.39, 0.29) is 11.8 Å². The Morgan fingerprint density at radius 3 is 2.50 bits per heavy atom. The van der Waals surface area contributed by atoms with Crippen LogP contribution in [0.15, 0.2) is 36.5 Å². The molecule has 2 rings (SSSR count). The molecular formula is C14H14ClN3O2. The van der Waals surface area contributed by atoms with E-state index >= 15 is 0 Å². The van der Waals surface area contributed by atoms with Gasteiger partial charge in [0.2, 0.25) is 5.91 Å². The zero-order chi connectivity index (χ0) is 14.5. The van der Waals surface area contributed by atoms with Crippen LogP contribution in [0.4, 0.5) is 5.69 Å². The predicted molar refractivity (Wildman–Crippen MR) is 78.0 cm³/mol. The quantitative estimate of drug-likeness (QED) is 0.808. The van der Waals surface area contributed by atoms with Crippen LogP contribution < -0.4 is 10.6 Å². The lowest BCUT2D eigenvalue weighted by Crippen LogP contribution is -2.19. The van der Waals surface area contributed by atoms with Crippen molar-refractivity contribution in [1.82, 2.24) is 10.3 Å². The Balaban J connectivity index is 2.00. The number of aromatic nitrogens is 1. The Hall–Kier alpha value is -2.27. The second-order valence-electron chi connectivity index (χ2n) is 4.23. The fourth-order valence-electron chi connectivity index (χ4n) is 1.68. The molecule has 0 radical (unpaired) electrons. The number of benzene rings is 1. The highest BCUT2D eigenvalue weighted by molar-refractivity contribution is 6.31. The highest BCUT2D eigenvalue weighted by Crippen LogP contribution is 2.14. The number of amides is 2. The molecule has 104 valence electrons. The summed E-state index contributed by atoms with van der Waals surface area (Å²) in [6, 6.07) is 8.65. The zero-order valence-electron chi connectivity index (χ0n) is 10.9. The van der Waals surface area contributed by atoms with Crippen LogP contribution in [0.25, 0.3) is 0 Å². The molecule has 20 heavy (non-hydrogen) atoms. The third-order valence-corrected chi connectivity index (χ3v) is 2.97. The number of carbonyl (C=O) groups excluding carboxylic acids is 2. The Kier molecular flexibility index (Phi) is 4.42. The fraction of sp³-hybridized carbons (Fsp3) is 0.143. The van der Waals surface area contributed by atoms with Gasteiger partial charge in [-0.2, -0.15) is 0 Å². The van der Waals surface area contributed by atoms with Gasteiger partial charge in [-0.25, -0.2) is 0 Å². The number of aromatic amines is 1. The first-order valence-corrected chi connectivity index (χ1v) is 6.41. The largest absolute Gasteiger partial charge is 0.359 e. The molecule has 2 amide bonds. The molecule has 3 N–H and O–H groups in total. The number of carbonyl (C=O) groups is 2. The molecule has 1 heterocycles. The molecule has 0 saturated carbocycles. The van der Waals surface area contributed by atoms with Gasteiger partial charge in [-0.3, -0.25) is 9.59 Å². The van der Waals surface area contributed by atoms with Crippen LogP contribution in [0.3, 0.4) is 0 Å². The molecule has 0 aliphatic carbocycles. The fourth-order valence-corrected chi connectivity index (χ4v) is 1.84. The summed E-state index contributed by atoms with van der Waals surface area (Å²) in [6.07, 6.45) is 1.86. The van der Waals surface area contributed by atoms with Gasteiger partial charge >= 0.3 is 0 Å². The first-order chi connectivity index (χ1) is 9.58. The molecule has 1 aromatic carbocycles. The standard InChI is InChI=1S/C14H14ClN3O2/c1-16-13(19)6-9-2-4-11(5-3-9)18-14(20)12-7-10(15)8-17-12/h2-5,7-8,17H,6H2,1H3,(H,16,19)(H,18,20). The molecule has 0 saturated heterocycles. The van der Waals surface area contributed by atoms with Crippen molar-refractivity contribution in [2.75, 3.05) is 12.4 Å². The number of H-pyrrole nitrogens is 1. The molecule has 0 atom stereocenters.